The first-order chi connectivity index (χ1) is 13.6. The molecule has 2 amide bonds. The molecule has 2 aromatic rings. The molecule has 1 aliphatic heterocycles. The van der Waals surface area contributed by atoms with E-state index in [0.717, 1.165) is 29.2 Å². The molecule has 0 unspecified atom stereocenters. The Labute approximate surface area is 170 Å². The Balaban J connectivity index is 1.56. The number of carbonyl (C=O) groups excluding carboxylic acids is 2. The molecule has 0 radical (unpaired) electrons. The molecule has 2 aromatic carbocycles. The maximum atomic E-state index is 12.9. The van der Waals surface area contributed by atoms with Gasteiger partial charge in [0.2, 0.25) is 11.8 Å². The van der Waals surface area contributed by atoms with Crippen molar-refractivity contribution in [3.05, 3.63) is 54.6 Å². The second kappa shape index (κ2) is 9.64. The Bertz CT molecular complexity index is 795. The van der Waals surface area contributed by atoms with Gasteiger partial charge in [-0.15, -0.1) is 11.8 Å². The minimum atomic E-state index is -0.204. The number of piperidine rings is 1. The highest BCUT2D eigenvalue weighted by atomic mass is 32.2. The van der Waals surface area contributed by atoms with E-state index in [-0.39, 0.29) is 23.0 Å². The lowest BCUT2D eigenvalue weighted by molar-refractivity contribution is -0.133. The molecule has 3 rings (SSSR count). The van der Waals surface area contributed by atoms with Crippen LogP contribution in [0.4, 0.5) is 5.69 Å². The average molecular weight is 399 g/mol. The summed E-state index contributed by atoms with van der Waals surface area (Å²) in [5.74, 6) is 0.694. The van der Waals surface area contributed by atoms with Gasteiger partial charge < -0.3 is 15.0 Å². The molecule has 0 aliphatic carbocycles. The Hall–Kier alpha value is -2.47. The van der Waals surface area contributed by atoms with Crippen LogP contribution in [-0.4, -0.2) is 42.2 Å². The highest BCUT2D eigenvalue weighted by Crippen LogP contribution is 2.28. The summed E-state index contributed by atoms with van der Waals surface area (Å²) in [6, 6.07) is 17.1. The van der Waals surface area contributed by atoms with Gasteiger partial charge in [0.05, 0.1) is 18.3 Å². The van der Waals surface area contributed by atoms with Crippen LogP contribution in [0.5, 0.6) is 5.75 Å². The van der Waals surface area contributed by atoms with Gasteiger partial charge in [-0.2, -0.15) is 0 Å². The molecule has 0 bridgehead atoms. The Morgan fingerprint density at radius 1 is 1.14 bits per heavy atom. The van der Waals surface area contributed by atoms with Crippen LogP contribution < -0.4 is 10.1 Å². The number of nitrogens with one attached hydrogen (secondary N) is 1. The summed E-state index contributed by atoms with van der Waals surface area (Å²) >= 11 is 1.53. The zero-order valence-electron chi connectivity index (χ0n) is 16.3. The van der Waals surface area contributed by atoms with E-state index in [1.54, 1.807) is 7.11 Å². The molecule has 0 spiro atoms. The number of nitrogens with zero attached hydrogens (tertiary/aromatic N) is 1. The van der Waals surface area contributed by atoms with Crippen LogP contribution in [0.15, 0.2) is 59.5 Å². The lowest BCUT2D eigenvalue weighted by Crippen LogP contribution is -2.46. The fourth-order valence-corrected chi connectivity index (χ4v) is 4.27. The normalized spacial score (nSPS) is 17.6. The predicted octanol–water partition coefficient (Wildman–Crippen LogP) is 4.05. The highest BCUT2D eigenvalue weighted by molar-refractivity contribution is 8.00. The van der Waals surface area contributed by atoms with Gasteiger partial charge in [0, 0.05) is 23.7 Å². The van der Waals surface area contributed by atoms with Gasteiger partial charge in [0.1, 0.15) is 5.75 Å². The third kappa shape index (κ3) is 5.29. The van der Waals surface area contributed by atoms with E-state index in [1.807, 2.05) is 66.4 Å². The zero-order chi connectivity index (χ0) is 19.9. The molecule has 28 heavy (non-hydrogen) atoms. The maximum absolute atomic E-state index is 12.9. The molecule has 6 heteroatoms. The van der Waals surface area contributed by atoms with Crippen molar-refractivity contribution in [2.24, 2.45) is 5.92 Å². The Kier molecular flexibility index (Phi) is 6.98. The Morgan fingerprint density at radius 2 is 1.86 bits per heavy atom. The second-order valence-corrected chi connectivity index (χ2v) is 8.33. The minimum absolute atomic E-state index is 0.0147. The molecule has 2 atom stereocenters. The van der Waals surface area contributed by atoms with Crippen LogP contribution >= 0.6 is 11.8 Å². The summed E-state index contributed by atoms with van der Waals surface area (Å²) in [4.78, 5) is 28.3. The second-order valence-electron chi connectivity index (χ2n) is 6.91. The first-order valence-corrected chi connectivity index (χ1v) is 10.4. The van der Waals surface area contributed by atoms with Crippen molar-refractivity contribution in [1.82, 2.24) is 4.90 Å². The van der Waals surface area contributed by atoms with E-state index in [1.165, 1.54) is 11.8 Å². The van der Waals surface area contributed by atoms with Gasteiger partial charge in [-0.1, -0.05) is 18.2 Å². The van der Waals surface area contributed by atoms with Crippen molar-refractivity contribution < 1.29 is 14.3 Å². The summed E-state index contributed by atoms with van der Waals surface area (Å²) in [5, 5.41) is 2.75. The number of carbonyl (C=O) groups is 2. The number of anilines is 1. The lowest BCUT2D eigenvalue weighted by Gasteiger charge is -2.33. The fraction of sp³-hybridized carbons (Fsp3) is 0.364. The van der Waals surface area contributed by atoms with Gasteiger partial charge >= 0.3 is 0 Å². The number of benzene rings is 2. The molecule has 148 valence electrons. The number of amides is 2. The van der Waals surface area contributed by atoms with Gasteiger partial charge in [-0.25, -0.2) is 0 Å². The molecule has 1 N–H and O–H groups in total. The minimum Gasteiger partial charge on any atom is -0.497 e. The van der Waals surface area contributed by atoms with Crippen LogP contribution in [-0.2, 0) is 9.59 Å². The number of rotatable bonds is 6. The zero-order valence-corrected chi connectivity index (χ0v) is 17.1. The number of ether oxygens (including phenoxy) is 1. The molecule has 1 aliphatic rings. The van der Waals surface area contributed by atoms with Crippen LogP contribution in [0.1, 0.15) is 19.8 Å². The number of likely N-dealkylation sites (tertiary alicyclic amines) is 1. The SMILES string of the molecule is COc1ccc(S[C@@H](C)C(=O)N2CCC[C@H](C(=O)Nc3ccccc3)C2)cc1. The third-order valence-corrected chi connectivity index (χ3v) is 5.96. The summed E-state index contributed by atoms with van der Waals surface area (Å²) < 4.78 is 5.17. The van der Waals surface area contributed by atoms with Crippen LogP contribution in [0.2, 0.25) is 0 Å². The smallest absolute Gasteiger partial charge is 0.235 e. The van der Waals surface area contributed by atoms with Crippen LogP contribution in [0.3, 0.4) is 0 Å². The number of methoxy groups -OCH3 is 1. The van der Waals surface area contributed by atoms with E-state index < -0.39 is 0 Å². The monoisotopic (exact) mass is 398 g/mol. The highest BCUT2D eigenvalue weighted by Gasteiger charge is 2.30. The summed E-state index contributed by atoms with van der Waals surface area (Å²) in [6.07, 6.45) is 1.65. The van der Waals surface area contributed by atoms with E-state index in [2.05, 4.69) is 5.32 Å². The third-order valence-electron chi connectivity index (χ3n) is 4.87. The number of thioether (sulfide) groups is 1. The van der Waals surface area contributed by atoms with E-state index in [9.17, 15) is 9.59 Å². The average Bonchev–Trinajstić information content (AvgIpc) is 2.74. The van der Waals surface area contributed by atoms with Crippen molar-refractivity contribution >= 4 is 29.3 Å². The van der Waals surface area contributed by atoms with Gasteiger partial charge in [0.25, 0.3) is 0 Å². The molecular weight excluding hydrogens is 372 g/mol. The van der Waals surface area contributed by atoms with Crippen LogP contribution in [0, 0.1) is 5.92 Å². The topological polar surface area (TPSA) is 58.6 Å². The summed E-state index contributed by atoms with van der Waals surface area (Å²) in [7, 11) is 1.63. The van der Waals surface area contributed by atoms with Crippen molar-refractivity contribution in [3.63, 3.8) is 0 Å². The maximum Gasteiger partial charge on any atom is 0.235 e. The standard InChI is InChI=1S/C22H26N2O3S/c1-16(28-20-12-10-19(27-2)11-13-20)22(26)24-14-6-7-17(15-24)21(25)23-18-8-4-3-5-9-18/h3-5,8-13,16-17H,6-7,14-15H2,1-2H3,(H,23,25)/t16-,17-/m0/s1. The molecule has 0 saturated carbocycles. The molecule has 5 nitrogen and oxygen atoms in total. The fourth-order valence-electron chi connectivity index (χ4n) is 3.32. The molecule has 1 fully saturated rings. The molecule has 1 heterocycles. The number of hydrogen-bond donors (Lipinski definition) is 1. The first kappa shape index (κ1) is 20.3. The van der Waals surface area contributed by atoms with Gasteiger partial charge in [-0.05, 0) is 56.2 Å². The molecule has 1 saturated heterocycles. The van der Waals surface area contributed by atoms with E-state index in [4.69, 9.17) is 4.74 Å². The Morgan fingerprint density at radius 3 is 2.54 bits per heavy atom. The predicted molar refractivity (Wildman–Crippen MR) is 113 cm³/mol. The van der Waals surface area contributed by atoms with Crippen LogP contribution in [0.25, 0.3) is 0 Å². The van der Waals surface area contributed by atoms with Gasteiger partial charge in [0.15, 0.2) is 0 Å². The van der Waals surface area contributed by atoms with Crippen molar-refractivity contribution in [3.8, 4) is 5.75 Å². The molecule has 0 aromatic heterocycles. The summed E-state index contributed by atoms with van der Waals surface area (Å²) in [5.41, 5.74) is 0.791. The van der Waals surface area contributed by atoms with Crippen molar-refractivity contribution in [1.29, 1.82) is 0 Å². The van der Waals surface area contributed by atoms with Crippen molar-refractivity contribution in [2.45, 2.75) is 29.9 Å². The first-order valence-electron chi connectivity index (χ1n) is 9.52. The van der Waals surface area contributed by atoms with E-state index in [0.29, 0.717) is 13.1 Å². The quantitative estimate of drug-likeness (QED) is 0.746. The summed E-state index contributed by atoms with van der Waals surface area (Å²) in [6.45, 7) is 3.11. The number of hydrogen-bond acceptors (Lipinski definition) is 4. The molecular formula is C22H26N2O3S. The van der Waals surface area contributed by atoms with E-state index >= 15 is 0 Å². The van der Waals surface area contributed by atoms with Gasteiger partial charge in [-0.3, -0.25) is 9.59 Å². The lowest BCUT2D eigenvalue weighted by atomic mass is 9.96. The number of para-hydroxylation sites is 1. The largest absolute Gasteiger partial charge is 0.497 e. The van der Waals surface area contributed by atoms with Crippen molar-refractivity contribution in [2.75, 3.05) is 25.5 Å².